The molecule has 0 radical (unpaired) electrons. The van der Waals surface area contributed by atoms with Gasteiger partial charge in [-0.2, -0.15) is 0 Å². The van der Waals surface area contributed by atoms with Gasteiger partial charge in [-0.25, -0.2) is 8.78 Å². The van der Waals surface area contributed by atoms with E-state index in [1.807, 2.05) is 16.7 Å². The predicted octanol–water partition coefficient (Wildman–Crippen LogP) is 3.17. The Morgan fingerprint density at radius 1 is 0.893 bits per heavy atom. The van der Waals surface area contributed by atoms with E-state index < -0.39 is 0 Å². The van der Waals surface area contributed by atoms with Crippen LogP contribution in [0.15, 0.2) is 48.5 Å². The van der Waals surface area contributed by atoms with Crippen LogP contribution in [0, 0.1) is 17.6 Å². The number of carbonyl (C=O) groups excluding carboxylic acids is 2. The van der Waals surface area contributed by atoms with Gasteiger partial charge < -0.3 is 4.90 Å². The first-order valence-corrected chi connectivity index (χ1v) is 9.47. The highest BCUT2D eigenvalue weighted by Crippen LogP contribution is 2.14. The topological polar surface area (TPSA) is 40.6 Å². The lowest BCUT2D eigenvalue weighted by atomic mass is 9.99. The van der Waals surface area contributed by atoms with Gasteiger partial charge in [0.2, 0.25) is 5.91 Å². The standard InChI is InChI=1S/C22H24F2N2O2/c1-16(14-17-2-6-19(23)7-3-17)22(28)26-12-10-25(11-13-26)15-21(27)18-4-8-20(24)9-5-18/h2-9,16H,10-15H2,1H3. The summed E-state index contributed by atoms with van der Waals surface area (Å²) in [6, 6.07) is 11.8. The number of Topliss-reactive ketones (excluding diaryl/α,β-unsaturated/α-hetero) is 1. The lowest BCUT2D eigenvalue weighted by Gasteiger charge is -2.35. The largest absolute Gasteiger partial charge is 0.340 e. The molecule has 0 N–H and O–H groups in total. The van der Waals surface area contributed by atoms with Crippen LogP contribution in [0.3, 0.4) is 0 Å². The number of rotatable bonds is 6. The predicted molar refractivity (Wildman–Crippen MR) is 103 cm³/mol. The summed E-state index contributed by atoms with van der Waals surface area (Å²) < 4.78 is 26.0. The lowest BCUT2D eigenvalue weighted by molar-refractivity contribution is -0.136. The van der Waals surface area contributed by atoms with E-state index >= 15 is 0 Å². The minimum atomic E-state index is -0.363. The zero-order valence-corrected chi connectivity index (χ0v) is 15.9. The minimum absolute atomic E-state index is 0.0514. The molecular formula is C22H24F2N2O2. The molecule has 1 saturated heterocycles. The van der Waals surface area contributed by atoms with E-state index in [0.29, 0.717) is 38.2 Å². The van der Waals surface area contributed by atoms with Crippen LogP contribution < -0.4 is 0 Å². The van der Waals surface area contributed by atoms with Crippen molar-refractivity contribution in [1.82, 2.24) is 9.80 Å². The third-order valence-corrected chi connectivity index (χ3v) is 5.09. The molecule has 6 heteroatoms. The molecule has 0 spiro atoms. The van der Waals surface area contributed by atoms with E-state index in [-0.39, 0.29) is 35.8 Å². The Labute approximate surface area is 163 Å². The summed E-state index contributed by atoms with van der Waals surface area (Å²) in [4.78, 5) is 28.8. The highest BCUT2D eigenvalue weighted by Gasteiger charge is 2.26. The summed E-state index contributed by atoms with van der Waals surface area (Å²) in [7, 11) is 0. The molecule has 1 fully saturated rings. The first-order valence-electron chi connectivity index (χ1n) is 9.47. The molecule has 3 rings (SSSR count). The molecule has 0 aromatic heterocycles. The van der Waals surface area contributed by atoms with Crippen molar-refractivity contribution < 1.29 is 18.4 Å². The second-order valence-corrected chi connectivity index (χ2v) is 7.26. The van der Waals surface area contributed by atoms with E-state index in [1.165, 1.54) is 36.4 Å². The average Bonchev–Trinajstić information content (AvgIpc) is 2.70. The quantitative estimate of drug-likeness (QED) is 0.716. The van der Waals surface area contributed by atoms with Crippen molar-refractivity contribution in [2.75, 3.05) is 32.7 Å². The number of hydrogen-bond acceptors (Lipinski definition) is 3. The summed E-state index contributed by atoms with van der Waals surface area (Å²) in [5.41, 5.74) is 1.43. The van der Waals surface area contributed by atoms with Gasteiger partial charge in [0.25, 0.3) is 0 Å². The Morgan fingerprint density at radius 3 is 2.00 bits per heavy atom. The lowest BCUT2D eigenvalue weighted by Crippen LogP contribution is -2.51. The van der Waals surface area contributed by atoms with Gasteiger partial charge >= 0.3 is 0 Å². The van der Waals surface area contributed by atoms with E-state index in [4.69, 9.17) is 0 Å². The van der Waals surface area contributed by atoms with Gasteiger partial charge in [-0.05, 0) is 48.4 Å². The molecule has 28 heavy (non-hydrogen) atoms. The van der Waals surface area contributed by atoms with Gasteiger partial charge in [0.05, 0.1) is 6.54 Å². The van der Waals surface area contributed by atoms with Gasteiger partial charge in [0.1, 0.15) is 11.6 Å². The van der Waals surface area contributed by atoms with Crippen molar-refractivity contribution >= 4 is 11.7 Å². The van der Waals surface area contributed by atoms with Crippen LogP contribution in [0.4, 0.5) is 8.78 Å². The van der Waals surface area contributed by atoms with Crippen molar-refractivity contribution in [3.05, 3.63) is 71.3 Å². The van der Waals surface area contributed by atoms with Crippen molar-refractivity contribution in [2.24, 2.45) is 5.92 Å². The number of nitrogens with zero attached hydrogens (tertiary/aromatic N) is 2. The average molecular weight is 386 g/mol. The van der Waals surface area contributed by atoms with Gasteiger partial charge in [-0.15, -0.1) is 0 Å². The van der Waals surface area contributed by atoms with Crippen LogP contribution in [-0.4, -0.2) is 54.2 Å². The van der Waals surface area contributed by atoms with Crippen molar-refractivity contribution in [3.63, 3.8) is 0 Å². The third kappa shape index (κ3) is 5.23. The molecule has 1 heterocycles. The van der Waals surface area contributed by atoms with Crippen LogP contribution in [0.25, 0.3) is 0 Å². The molecule has 1 aliphatic rings. The second-order valence-electron chi connectivity index (χ2n) is 7.26. The smallest absolute Gasteiger partial charge is 0.225 e. The Morgan fingerprint density at radius 2 is 1.43 bits per heavy atom. The van der Waals surface area contributed by atoms with Crippen LogP contribution in [0.2, 0.25) is 0 Å². The van der Waals surface area contributed by atoms with Crippen LogP contribution >= 0.6 is 0 Å². The molecule has 1 aliphatic heterocycles. The van der Waals surface area contributed by atoms with Gasteiger partial charge in [0.15, 0.2) is 5.78 Å². The van der Waals surface area contributed by atoms with E-state index in [1.54, 1.807) is 12.1 Å². The molecule has 148 valence electrons. The summed E-state index contributed by atoms with van der Waals surface area (Å²) in [6.45, 7) is 4.55. The second kappa shape index (κ2) is 9.06. The first kappa shape index (κ1) is 20.1. The molecular weight excluding hydrogens is 362 g/mol. The normalized spacial score (nSPS) is 16.0. The fourth-order valence-electron chi connectivity index (χ4n) is 3.43. The summed E-state index contributed by atoms with van der Waals surface area (Å²) >= 11 is 0. The van der Waals surface area contributed by atoms with Crippen LogP contribution in [0.1, 0.15) is 22.8 Å². The number of benzene rings is 2. The van der Waals surface area contributed by atoms with Crippen molar-refractivity contribution in [3.8, 4) is 0 Å². The number of piperazine rings is 1. The van der Waals surface area contributed by atoms with E-state index in [9.17, 15) is 18.4 Å². The maximum atomic E-state index is 13.0. The molecule has 1 amide bonds. The minimum Gasteiger partial charge on any atom is -0.340 e. The molecule has 0 saturated carbocycles. The van der Waals surface area contributed by atoms with E-state index in [2.05, 4.69) is 0 Å². The van der Waals surface area contributed by atoms with Crippen LogP contribution in [-0.2, 0) is 11.2 Å². The molecule has 4 nitrogen and oxygen atoms in total. The molecule has 1 atom stereocenters. The fourth-order valence-corrected chi connectivity index (χ4v) is 3.43. The molecule has 2 aromatic rings. The SMILES string of the molecule is CC(Cc1ccc(F)cc1)C(=O)N1CCN(CC(=O)c2ccc(F)cc2)CC1. The number of halogens is 2. The third-order valence-electron chi connectivity index (χ3n) is 5.09. The highest BCUT2D eigenvalue weighted by molar-refractivity contribution is 5.97. The summed E-state index contributed by atoms with van der Waals surface area (Å²) in [5.74, 6) is -0.802. The highest BCUT2D eigenvalue weighted by atomic mass is 19.1. The number of carbonyl (C=O) groups is 2. The Hall–Kier alpha value is -2.60. The molecule has 0 bridgehead atoms. The Kier molecular flexibility index (Phi) is 6.52. The van der Waals surface area contributed by atoms with Gasteiger partial charge in [-0.1, -0.05) is 19.1 Å². The maximum absolute atomic E-state index is 13.0. The fraction of sp³-hybridized carbons (Fsp3) is 0.364. The zero-order valence-electron chi connectivity index (χ0n) is 15.9. The van der Waals surface area contributed by atoms with Gasteiger partial charge in [-0.3, -0.25) is 14.5 Å². The Bertz CT molecular complexity index is 813. The number of ketones is 1. The summed E-state index contributed by atoms with van der Waals surface area (Å²) in [5, 5.41) is 0. The Balaban J connectivity index is 1.47. The number of amides is 1. The van der Waals surface area contributed by atoms with Gasteiger partial charge in [0, 0.05) is 37.7 Å². The molecule has 2 aromatic carbocycles. The first-order chi connectivity index (χ1) is 13.4. The molecule has 0 aliphatic carbocycles. The molecule has 1 unspecified atom stereocenters. The number of hydrogen-bond donors (Lipinski definition) is 0. The monoisotopic (exact) mass is 386 g/mol. The van der Waals surface area contributed by atoms with Crippen molar-refractivity contribution in [1.29, 1.82) is 0 Å². The summed E-state index contributed by atoms with van der Waals surface area (Å²) in [6.07, 6.45) is 0.572. The maximum Gasteiger partial charge on any atom is 0.225 e. The van der Waals surface area contributed by atoms with Crippen LogP contribution in [0.5, 0.6) is 0 Å². The van der Waals surface area contributed by atoms with Crippen molar-refractivity contribution in [2.45, 2.75) is 13.3 Å². The van der Waals surface area contributed by atoms with E-state index in [0.717, 1.165) is 5.56 Å². The zero-order chi connectivity index (χ0) is 20.1.